The summed E-state index contributed by atoms with van der Waals surface area (Å²) < 4.78 is 27.2. The van der Waals surface area contributed by atoms with Crippen molar-refractivity contribution < 1.29 is 8.42 Å². The number of nitrogens with zero attached hydrogens (tertiary/aromatic N) is 1. The Labute approximate surface area is 132 Å². The van der Waals surface area contributed by atoms with Gasteiger partial charge >= 0.3 is 0 Å². The van der Waals surface area contributed by atoms with E-state index < -0.39 is 10.0 Å². The molecule has 0 bridgehead atoms. The smallest absolute Gasteiger partial charge is 0.243 e. The fourth-order valence-electron chi connectivity index (χ4n) is 2.65. The minimum Gasteiger partial charge on any atom is -0.313 e. The van der Waals surface area contributed by atoms with Gasteiger partial charge in [0.2, 0.25) is 10.0 Å². The molecule has 0 radical (unpaired) electrons. The van der Waals surface area contributed by atoms with Gasteiger partial charge in [-0.1, -0.05) is 26.0 Å². The topological polar surface area (TPSA) is 49.4 Å². The standard InChI is InChI=1S/C15H24N2O2S2/c1-4-15(16-3)13-6-5-7-14(10-13)21(18,19)17-8-9-20-12(2)11-17/h5-7,10,12,15-16H,4,8-9,11H2,1-3H3. The molecule has 2 rings (SSSR count). The van der Waals surface area contributed by atoms with Crippen molar-refractivity contribution >= 4 is 21.8 Å². The summed E-state index contributed by atoms with van der Waals surface area (Å²) in [4.78, 5) is 0.410. The van der Waals surface area contributed by atoms with Crippen LogP contribution in [0.1, 0.15) is 31.9 Å². The molecule has 1 fully saturated rings. The maximum Gasteiger partial charge on any atom is 0.243 e. The first-order valence-electron chi connectivity index (χ1n) is 7.38. The predicted octanol–water partition coefficient (Wildman–Crippen LogP) is 2.48. The van der Waals surface area contributed by atoms with Gasteiger partial charge in [-0.3, -0.25) is 0 Å². The second-order valence-electron chi connectivity index (χ2n) is 5.37. The lowest BCUT2D eigenvalue weighted by Gasteiger charge is -2.30. The molecule has 6 heteroatoms. The number of rotatable bonds is 5. The molecule has 2 unspecified atom stereocenters. The zero-order valence-corrected chi connectivity index (χ0v) is 14.5. The first-order valence-corrected chi connectivity index (χ1v) is 9.87. The van der Waals surface area contributed by atoms with E-state index in [-0.39, 0.29) is 6.04 Å². The Balaban J connectivity index is 2.29. The molecule has 1 heterocycles. The van der Waals surface area contributed by atoms with Crippen molar-refractivity contribution in [3.8, 4) is 0 Å². The maximum absolute atomic E-state index is 12.8. The summed E-state index contributed by atoms with van der Waals surface area (Å²) in [6.45, 7) is 5.37. The Hall–Kier alpha value is -0.560. The molecule has 1 aromatic rings. The van der Waals surface area contributed by atoms with Gasteiger partial charge in [0.25, 0.3) is 0 Å². The first-order chi connectivity index (χ1) is 9.98. The molecule has 118 valence electrons. The number of nitrogens with one attached hydrogen (secondary N) is 1. The summed E-state index contributed by atoms with van der Waals surface area (Å²) in [6, 6.07) is 7.53. The Kier molecular flexibility index (Phi) is 5.71. The highest BCUT2D eigenvalue weighted by Gasteiger charge is 2.29. The molecule has 1 aliphatic rings. The van der Waals surface area contributed by atoms with E-state index in [2.05, 4.69) is 19.2 Å². The molecule has 0 aliphatic carbocycles. The van der Waals surface area contributed by atoms with E-state index in [1.807, 2.05) is 37.0 Å². The van der Waals surface area contributed by atoms with E-state index in [1.54, 1.807) is 10.4 Å². The molecule has 4 nitrogen and oxygen atoms in total. The average molecular weight is 329 g/mol. The van der Waals surface area contributed by atoms with Crippen molar-refractivity contribution in [2.24, 2.45) is 0 Å². The van der Waals surface area contributed by atoms with Crippen molar-refractivity contribution in [2.75, 3.05) is 25.9 Å². The SMILES string of the molecule is CCC(NC)c1cccc(S(=O)(=O)N2CCSC(C)C2)c1. The van der Waals surface area contributed by atoms with Crippen LogP contribution in [-0.2, 0) is 10.0 Å². The molecular weight excluding hydrogens is 304 g/mol. The third-order valence-corrected chi connectivity index (χ3v) is 6.86. The molecule has 0 aromatic heterocycles. The van der Waals surface area contributed by atoms with E-state index in [4.69, 9.17) is 0 Å². The molecule has 1 aliphatic heterocycles. The van der Waals surface area contributed by atoms with Gasteiger partial charge in [0.05, 0.1) is 4.90 Å². The highest BCUT2D eigenvalue weighted by Crippen LogP contribution is 2.26. The summed E-state index contributed by atoms with van der Waals surface area (Å²) in [5.41, 5.74) is 1.03. The van der Waals surface area contributed by atoms with Crippen LogP contribution in [0.25, 0.3) is 0 Å². The van der Waals surface area contributed by atoms with Crippen molar-refractivity contribution in [3.63, 3.8) is 0 Å². The highest BCUT2D eigenvalue weighted by molar-refractivity contribution is 8.00. The summed E-state index contributed by atoms with van der Waals surface area (Å²) in [6.07, 6.45) is 0.928. The Morgan fingerprint density at radius 2 is 2.24 bits per heavy atom. The fraction of sp³-hybridized carbons (Fsp3) is 0.600. The summed E-state index contributed by atoms with van der Waals surface area (Å²) in [5, 5.41) is 3.58. The van der Waals surface area contributed by atoms with E-state index in [1.165, 1.54) is 0 Å². The monoisotopic (exact) mass is 328 g/mol. The van der Waals surface area contributed by atoms with Gasteiger partial charge in [0.15, 0.2) is 0 Å². The lowest BCUT2D eigenvalue weighted by molar-refractivity contribution is 0.424. The minimum atomic E-state index is -3.38. The molecule has 1 aromatic carbocycles. The zero-order valence-electron chi connectivity index (χ0n) is 12.9. The van der Waals surface area contributed by atoms with Gasteiger partial charge in [0.1, 0.15) is 0 Å². The van der Waals surface area contributed by atoms with Crippen LogP contribution >= 0.6 is 11.8 Å². The van der Waals surface area contributed by atoms with Gasteiger partial charge in [-0.15, -0.1) is 0 Å². The highest BCUT2D eigenvalue weighted by atomic mass is 32.2. The fourth-order valence-corrected chi connectivity index (χ4v) is 5.46. The molecule has 0 spiro atoms. The lowest BCUT2D eigenvalue weighted by Crippen LogP contribution is -2.41. The van der Waals surface area contributed by atoms with Crippen molar-refractivity contribution in [1.82, 2.24) is 9.62 Å². The molecular formula is C15H24N2O2S2. The summed E-state index contributed by atoms with van der Waals surface area (Å²) in [7, 11) is -1.47. The quantitative estimate of drug-likeness (QED) is 0.902. The third kappa shape index (κ3) is 3.80. The predicted molar refractivity (Wildman–Crippen MR) is 89.2 cm³/mol. The zero-order chi connectivity index (χ0) is 15.5. The summed E-state index contributed by atoms with van der Waals surface area (Å²) in [5.74, 6) is 0.869. The molecule has 2 atom stereocenters. The van der Waals surface area contributed by atoms with Crippen LogP contribution < -0.4 is 5.32 Å². The molecule has 0 amide bonds. The number of benzene rings is 1. The van der Waals surface area contributed by atoms with E-state index in [9.17, 15) is 8.42 Å². The van der Waals surface area contributed by atoms with E-state index in [0.29, 0.717) is 23.2 Å². The van der Waals surface area contributed by atoms with Crippen LogP contribution in [0.3, 0.4) is 0 Å². The van der Waals surface area contributed by atoms with Crippen LogP contribution in [0.5, 0.6) is 0 Å². The largest absolute Gasteiger partial charge is 0.313 e. The maximum atomic E-state index is 12.8. The van der Waals surface area contributed by atoms with Crippen LogP contribution in [-0.4, -0.2) is 43.9 Å². The van der Waals surface area contributed by atoms with Gasteiger partial charge in [-0.25, -0.2) is 8.42 Å². The van der Waals surface area contributed by atoms with E-state index in [0.717, 1.165) is 17.7 Å². The van der Waals surface area contributed by atoms with Crippen LogP contribution in [0.15, 0.2) is 29.2 Å². The summed E-state index contributed by atoms with van der Waals surface area (Å²) >= 11 is 1.83. The van der Waals surface area contributed by atoms with Crippen LogP contribution in [0, 0.1) is 0 Å². The normalized spacial score (nSPS) is 22.1. The Morgan fingerprint density at radius 1 is 1.48 bits per heavy atom. The second kappa shape index (κ2) is 7.13. The van der Waals surface area contributed by atoms with Gasteiger partial charge in [-0.05, 0) is 31.2 Å². The molecule has 1 saturated heterocycles. The van der Waals surface area contributed by atoms with Gasteiger partial charge < -0.3 is 5.32 Å². The number of thioether (sulfide) groups is 1. The number of hydrogen-bond acceptors (Lipinski definition) is 4. The number of sulfonamides is 1. The molecule has 0 saturated carbocycles. The van der Waals surface area contributed by atoms with Gasteiger partial charge in [0, 0.05) is 30.1 Å². The molecule has 1 N–H and O–H groups in total. The third-order valence-electron chi connectivity index (χ3n) is 3.86. The lowest BCUT2D eigenvalue weighted by atomic mass is 10.1. The van der Waals surface area contributed by atoms with Gasteiger partial charge in [-0.2, -0.15) is 16.1 Å². The second-order valence-corrected chi connectivity index (χ2v) is 8.85. The average Bonchev–Trinajstić information content (AvgIpc) is 2.49. The number of hydrogen-bond donors (Lipinski definition) is 1. The van der Waals surface area contributed by atoms with E-state index >= 15 is 0 Å². The first kappa shape index (κ1) is 16.8. The molecule has 21 heavy (non-hydrogen) atoms. The van der Waals surface area contributed by atoms with Crippen LogP contribution in [0.2, 0.25) is 0 Å². The van der Waals surface area contributed by atoms with Crippen molar-refractivity contribution in [3.05, 3.63) is 29.8 Å². The van der Waals surface area contributed by atoms with Crippen LogP contribution in [0.4, 0.5) is 0 Å². The minimum absolute atomic E-state index is 0.191. The Morgan fingerprint density at radius 3 is 2.86 bits per heavy atom. The van der Waals surface area contributed by atoms with Crippen molar-refractivity contribution in [2.45, 2.75) is 36.5 Å². The van der Waals surface area contributed by atoms with Crippen molar-refractivity contribution in [1.29, 1.82) is 0 Å². The Bertz CT molecular complexity index is 571.